The van der Waals surface area contributed by atoms with Gasteiger partial charge in [0.25, 0.3) is 0 Å². The van der Waals surface area contributed by atoms with Crippen LogP contribution in [0.3, 0.4) is 0 Å². The summed E-state index contributed by atoms with van der Waals surface area (Å²) in [5.41, 5.74) is 3.71. The van der Waals surface area contributed by atoms with Crippen molar-refractivity contribution in [1.29, 1.82) is 0 Å². The van der Waals surface area contributed by atoms with E-state index in [4.69, 9.17) is 85.3 Å². The van der Waals surface area contributed by atoms with E-state index in [1.807, 2.05) is 6.92 Å². The van der Waals surface area contributed by atoms with E-state index in [0.29, 0.717) is 157 Å². The number of ketones is 1. The van der Waals surface area contributed by atoms with Gasteiger partial charge in [0.05, 0.1) is 101 Å². The standard InChI is InChI=1S/C50H56O13.C32H32O11.C16H18O6/c1-4-46(51)59-33-12-8-6-10-30-56-41-22-16-38(17-23-41)48(53)61-35-15-14-32-58-43-24-18-39(19-25-43)49(54)62-44-28-29-45(37(3)36-44)63-50(55)40-20-26-42(27-21-40)57-31-11-7-9-13-34-60-47(52)5-2;1-4-29(33)39-17-5-6-18-41-32(36)43-26-13-9-23(10-14-26)30(34)40-20-19-38-25-11-7-24(8-12-25)31(35)42-27-15-16-28(37-3)22(2)21-27;1-3-15(18)20-10-4-5-11-21-16(19)22-14-8-6-13(7-9-14)12(2)17/h4-5,16-29,36H,1-2,6-15,30-35H2,3H3;4,7-16,21H,1,5-6,17-20H2,2-3H3;3,6-9H,1,4-5,10-11H2,2H3. The fraction of sp³-hybridized carbons (Fsp3) is 0.306. The van der Waals surface area contributed by atoms with E-state index >= 15 is 0 Å². The highest BCUT2D eigenvalue weighted by molar-refractivity contribution is 5.95. The van der Waals surface area contributed by atoms with E-state index in [-0.39, 0.29) is 63.3 Å². The summed E-state index contributed by atoms with van der Waals surface area (Å²) in [6.07, 6.45) is 13.1. The van der Waals surface area contributed by atoms with E-state index in [1.54, 1.807) is 160 Å². The fourth-order valence-corrected chi connectivity index (χ4v) is 10.8. The Morgan fingerprint density at radius 2 is 0.492 bits per heavy atom. The maximum Gasteiger partial charge on any atom is 0.513 e. The molecule has 0 aliphatic heterocycles. The fourth-order valence-electron chi connectivity index (χ4n) is 10.8. The van der Waals surface area contributed by atoms with Gasteiger partial charge in [-0.15, -0.1) is 0 Å². The lowest BCUT2D eigenvalue weighted by Gasteiger charge is -2.11. The van der Waals surface area contributed by atoms with Crippen molar-refractivity contribution in [2.45, 2.75) is 111 Å². The van der Waals surface area contributed by atoms with Crippen LogP contribution in [-0.2, 0) is 57.1 Å². The second-order valence-electron chi connectivity index (χ2n) is 27.4. The van der Waals surface area contributed by atoms with Crippen molar-refractivity contribution >= 4 is 71.8 Å². The molecular weight excluding hydrogens is 1660 g/mol. The topological polar surface area (TPSA) is 371 Å². The second-order valence-corrected chi connectivity index (χ2v) is 27.4. The molecule has 0 atom stereocenters. The lowest BCUT2D eigenvalue weighted by molar-refractivity contribution is -0.138. The Morgan fingerprint density at radius 1 is 0.242 bits per heavy atom. The van der Waals surface area contributed by atoms with Crippen LogP contribution in [0, 0.1) is 13.8 Å². The normalized spacial score (nSPS) is 10.2. The zero-order valence-electron chi connectivity index (χ0n) is 72.1. The first-order chi connectivity index (χ1) is 61.9. The number of aryl methyl sites for hydroxylation is 2. The van der Waals surface area contributed by atoms with Crippen molar-refractivity contribution in [3.8, 4) is 57.5 Å². The largest absolute Gasteiger partial charge is 0.513 e. The van der Waals surface area contributed by atoms with E-state index < -0.39 is 66.0 Å². The molecule has 8 aromatic rings. The summed E-state index contributed by atoms with van der Waals surface area (Å²) < 4.78 is 94.6. The third-order valence-electron chi connectivity index (χ3n) is 17.7. The van der Waals surface area contributed by atoms with Crippen molar-refractivity contribution in [3.05, 3.63) is 277 Å². The molecule has 0 unspecified atom stereocenters. The second kappa shape index (κ2) is 59.1. The molecule has 8 rings (SSSR count). The van der Waals surface area contributed by atoms with Gasteiger partial charge in [0.15, 0.2) is 5.78 Å². The Labute approximate surface area is 742 Å². The Morgan fingerprint density at radius 3 is 0.812 bits per heavy atom. The Balaban J connectivity index is 0.000000333. The van der Waals surface area contributed by atoms with Crippen LogP contribution < -0.4 is 47.4 Å². The minimum absolute atomic E-state index is 0.0170. The minimum Gasteiger partial charge on any atom is -0.496 e. The van der Waals surface area contributed by atoms with Crippen LogP contribution in [0.15, 0.2) is 233 Å². The first-order valence-corrected chi connectivity index (χ1v) is 41.2. The van der Waals surface area contributed by atoms with E-state index in [0.717, 1.165) is 81.2 Å². The third kappa shape index (κ3) is 41.1. The van der Waals surface area contributed by atoms with Crippen LogP contribution >= 0.6 is 0 Å². The van der Waals surface area contributed by atoms with Crippen LogP contribution in [0.2, 0.25) is 0 Å². The maximum absolute atomic E-state index is 12.9. The van der Waals surface area contributed by atoms with Gasteiger partial charge < -0.3 is 85.3 Å². The minimum atomic E-state index is -0.896. The highest BCUT2D eigenvalue weighted by Crippen LogP contribution is 2.28. The van der Waals surface area contributed by atoms with Crippen molar-refractivity contribution < 1.29 is 143 Å². The number of benzene rings is 8. The van der Waals surface area contributed by atoms with Crippen molar-refractivity contribution in [3.63, 3.8) is 0 Å². The number of carbonyl (C=O) groups excluding carboxylic acids is 12. The number of ether oxygens (including phenoxy) is 18. The van der Waals surface area contributed by atoms with Gasteiger partial charge in [-0.3, -0.25) is 4.79 Å². The molecule has 0 spiro atoms. The summed E-state index contributed by atoms with van der Waals surface area (Å²) in [6, 6.07) is 48.3. The Kier molecular flexibility index (Phi) is 47.1. The summed E-state index contributed by atoms with van der Waals surface area (Å²) in [5.74, 6) is 0.127. The predicted molar refractivity (Wildman–Crippen MR) is 468 cm³/mol. The van der Waals surface area contributed by atoms with Gasteiger partial charge in [0.2, 0.25) is 0 Å². The average molecular weight is 1760 g/mol. The Bertz CT molecular complexity index is 4900. The zero-order chi connectivity index (χ0) is 92.5. The third-order valence-corrected chi connectivity index (χ3v) is 17.7. The van der Waals surface area contributed by atoms with Crippen LogP contribution in [-0.4, -0.2) is 158 Å². The monoisotopic (exact) mass is 1760 g/mol. The molecule has 0 heterocycles. The Hall–Kier alpha value is -14.8. The SMILES string of the molecule is C=CC(=O)OCCCCCCOc1ccc(C(=O)OCCCCOc2ccc(C(=O)Oc3ccc(OC(=O)c4ccc(OCCCCCCOC(=O)C=C)cc4)c(C)c3)cc2)cc1.C=CC(=O)OCCCCOC(=O)Oc1ccc(C(=O)OCCOc2ccc(C(=O)Oc3ccc(OC)c(C)c3)cc2)cc1.C=CC(=O)OCCCCOC(=O)Oc1ccc(C(C)=O)cc1. The molecule has 0 aromatic heterocycles. The van der Waals surface area contributed by atoms with Gasteiger partial charge in [-0.1, -0.05) is 26.3 Å². The number of hydrogen-bond donors (Lipinski definition) is 0. The summed E-state index contributed by atoms with van der Waals surface area (Å²) in [4.78, 5) is 141. The highest BCUT2D eigenvalue weighted by atomic mass is 16.7. The zero-order valence-corrected chi connectivity index (χ0v) is 72.1. The first-order valence-electron chi connectivity index (χ1n) is 41.2. The van der Waals surface area contributed by atoms with Crippen molar-refractivity contribution in [2.24, 2.45) is 0 Å². The predicted octanol–water partition coefficient (Wildman–Crippen LogP) is 18.2. The van der Waals surface area contributed by atoms with E-state index in [9.17, 15) is 57.5 Å². The molecule has 0 saturated heterocycles. The van der Waals surface area contributed by atoms with Crippen molar-refractivity contribution in [1.82, 2.24) is 0 Å². The molecule has 0 bridgehead atoms. The van der Waals surface area contributed by atoms with Crippen LogP contribution in [0.4, 0.5) is 9.59 Å². The lowest BCUT2D eigenvalue weighted by Crippen LogP contribution is -2.13. The average Bonchev–Trinajstić information content (AvgIpc) is 0.844. The van der Waals surface area contributed by atoms with Crippen LogP contribution in [0.5, 0.6) is 57.5 Å². The number of hydrogen-bond acceptors (Lipinski definition) is 30. The van der Waals surface area contributed by atoms with Gasteiger partial charge in [0, 0.05) is 29.9 Å². The number of rotatable bonds is 52. The molecule has 8 aromatic carbocycles. The van der Waals surface area contributed by atoms with Gasteiger partial charge in [-0.2, -0.15) is 0 Å². The van der Waals surface area contributed by atoms with Crippen molar-refractivity contribution in [2.75, 3.05) is 86.4 Å². The smallest absolute Gasteiger partial charge is 0.496 e. The van der Waals surface area contributed by atoms with Crippen LogP contribution in [0.25, 0.3) is 0 Å². The number of esters is 9. The molecular formula is C98H106O30. The van der Waals surface area contributed by atoms with Gasteiger partial charge in [0.1, 0.15) is 70.7 Å². The molecule has 0 radical (unpaired) electrons. The molecule has 0 saturated carbocycles. The summed E-state index contributed by atoms with van der Waals surface area (Å²) in [6.45, 7) is 21.6. The first kappa shape index (κ1) is 102. The molecule has 678 valence electrons. The number of Topliss-reactive ketones (excluding diaryl/α,β-unsaturated/α-hetero) is 1. The molecule has 0 N–H and O–H groups in total. The number of methoxy groups -OCH3 is 1. The molecule has 30 nitrogen and oxygen atoms in total. The summed E-state index contributed by atoms with van der Waals surface area (Å²) in [5, 5.41) is 0. The number of carbonyl (C=O) groups is 12. The van der Waals surface area contributed by atoms with E-state index in [2.05, 4.69) is 26.3 Å². The lowest BCUT2D eigenvalue weighted by atomic mass is 10.1. The highest BCUT2D eigenvalue weighted by Gasteiger charge is 2.18. The van der Waals surface area contributed by atoms with Gasteiger partial charge >= 0.3 is 66.0 Å². The quantitative estimate of drug-likeness (QED) is 0.00650. The number of unbranched alkanes of at least 4 members (excludes halogenated alkanes) is 9. The molecule has 128 heavy (non-hydrogen) atoms. The maximum atomic E-state index is 12.9. The molecule has 0 amide bonds. The van der Waals surface area contributed by atoms with Gasteiger partial charge in [-0.25, -0.2) is 52.7 Å². The van der Waals surface area contributed by atoms with Crippen LogP contribution in [0.1, 0.15) is 170 Å². The molecule has 0 aliphatic rings. The molecule has 0 aliphatic carbocycles. The summed E-state index contributed by atoms with van der Waals surface area (Å²) >= 11 is 0. The summed E-state index contributed by atoms with van der Waals surface area (Å²) in [7, 11) is 1.57. The van der Waals surface area contributed by atoms with E-state index in [1.165, 1.54) is 43.3 Å². The van der Waals surface area contributed by atoms with Gasteiger partial charge in [-0.05, 0) is 304 Å². The molecule has 30 heteroatoms. The molecule has 0 fully saturated rings.